The first-order valence-corrected chi connectivity index (χ1v) is 7.19. The second-order valence-corrected chi connectivity index (χ2v) is 5.27. The summed E-state index contributed by atoms with van der Waals surface area (Å²) >= 11 is 0. The zero-order valence-corrected chi connectivity index (χ0v) is 12.7. The molecule has 1 N–H and O–H groups in total. The lowest BCUT2D eigenvalue weighted by Crippen LogP contribution is -2.27. The van der Waals surface area contributed by atoms with Crippen molar-refractivity contribution in [3.8, 4) is 5.75 Å². The Morgan fingerprint density at radius 2 is 1.86 bits per heavy atom. The molecule has 0 aliphatic rings. The first kappa shape index (κ1) is 15.3. The summed E-state index contributed by atoms with van der Waals surface area (Å²) < 4.78 is 7.35. The average molecular weight is 286 g/mol. The fourth-order valence-corrected chi connectivity index (χ4v) is 2.22. The molecule has 0 fully saturated rings. The summed E-state index contributed by atoms with van der Waals surface area (Å²) in [4.78, 5) is 11.8. The number of nitrogens with zero attached hydrogens (tertiary/aromatic N) is 1. The fraction of sp³-hybridized carbons (Fsp3) is 0.353. The molecule has 4 heteroatoms. The van der Waals surface area contributed by atoms with E-state index in [1.807, 2.05) is 57.4 Å². The van der Waals surface area contributed by atoms with Crippen molar-refractivity contribution in [3.63, 3.8) is 0 Å². The highest BCUT2D eigenvalue weighted by Crippen LogP contribution is 2.19. The van der Waals surface area contributed by atoms with Gasteiger partial charge in [0.05, 0.1) is 12.1 Å². The minimum Gasteiger partial charge on any atom is -0.491 e. The molecule has 0 saturated carbocycles. The molecular formula is C17H22N2O2. The summed E-state index contributed by atoms with van der Waals surface area (Å²) in [5.74, 6) is 0.862. The zero-order chi connectivity index (χ0) is 15.2. The topological polar surface area (TPSA) is 43.3 Å². The summed E-state index contributed by atoms with van der Waals surface area (Å²) in [5.41, 5.74) is 1.14. The Labute approximate surface area is 125 Å². The summed E-state index contributed by atoms with van der Waals surface area (Å²) in [5, 5.41) is 3.25. The van der Waals surface area contributed by atoms with Crippen LogP contribution in [0.25, 0.3) is 0 Å². The third-order valence-corrected chi connectivity index (χ3v) is 3.28. The quantitative estimate of drug-likeness (QED) is 0.887. The summed E-state index contributed by atoms with van der Waals surface area (Å²) in [6.07, 6.45) is 1.97. The van der Waals surface area contributed by atoms with Crippen LogP contribution in [0.4, 0.5) is 0 Å². The number of pyridine rings is 1. The van der Waals surface area contributed by atoms with E-state index in [0.717, 1.165) is 11.3 Å². The first-order valence-electron chi connectivity index (χ1n) is 7.19. The monoisotopic (exact) mass is 286 g/mol. The van der Waals surface area contributed by atoms with Crippen LogP contribution < -0.4 is 15.6 Å². The molecule has 112 valence electrons. The molecule has 1 unspecified atom stereocenters. The van der Waals surface area contributed by atoms with Crippen molar-refractivity contribution in [1.29, 1.82) is 0 Å². The second kappa shape index (κ2) is 7.09. The van der Waals surface area contributed by atoms with Crippen molar-refractivity contribution in [3.05, 3.63) is 64.6 Å². The molecule has 1 atom stereocenters. The van der Waals surface area contributed by atoms with Crippen molar-refractivity contribution in [2.75, 3.05) is 7.05 Å². The van der Waals surface area contributed by atoms with E-state index in [1.54, 1.807) is 16.7 Å². The van der Waals surface area contributed by atoms with E-state index >= 15 is 0 Å². The first-order chi connectivity index (χ1) is 10.1. The van der Waals surface area contributed by atoms with Crippen LogP contribution in [0, 0.1) is 0 Å². The number of benzene rings is 1. The van der Waals surface area contributed by atoms with Crippen molar-refractivity contribution in [1.82, 2.24) is 9.88 Å². The lowest BCUT2D eigenvalue weighted by Gasteiger charge is -2.18. The van der Waals surface area contributed by atoms with Crippen LogP contribution in [0.15, 0.2) is 53.5 Å². The largest absolute Gasteiger partial charge is 0.491 e. The van der Waals surface area contributed by atoms with Gasteiger partial charge in [-0.1, -0.05) is 18.2 Å². The minimum atomic E-state index is 0.0116. The van der Waals surface area contributed by atoms with Crippen molar-refractivity contribution in [2.24, 2.45) is 0 Å². The normalized spacial score (nSPS) is 12.4. The van der Waals surface area contributed by atoms with Crippen LogP contribution in [0.2, 0.25) is 0 Å². The SMILES string of the molecule is CNC(Cn1ccccc1=O)c1ccc(OC(C)C)cc1. The van der Waals surface area contributed by atoms with E-state index in [4.69, 9.17) is 4.74 Å². The maximum absolute atomic E-state index is 11.8. The molecule has 21 heavy (non-hydrogen) atoms. The molecule has 0 aliphatic heterocycles. The number of ether oxygens (including phenoxy) is 1. The number of nitrogens with one attached hydrogen (secondary N) is 1. The van der Waals surface area contributed by atoms with Gasteiger partial charge in [-0.2, -0.15) is 0 Å². The predicted octanol–water partition coefficient (Wildman–Crippen LogP) is 2.60. The van der Waals surface area contributed by atoms with Gasteiger partial charge in [0, 0.05) is 18.8 Å². The molecule has 2 rings (SSSR count). The second-order valence-electron chi connectivity index (χ2n) is 5.27. The number of rotatable bonds is 6. The van der Waals surface area contributed by atoms with Crippen molar-refractivity contribution in [2.45, 2.75) is 32.5 Å². The molecule has 0 bridgehead atoms. The molecule has 2 aromatic rings. The highest BCUT2D eigenvalue weighted by molar-refractivity contribution is 5.29. The third kappa shape index (κ3) is 4.20. The molecule has 1 heterocycles. The number of likely N-dealkylation sites (N-methyl/N-ethyl adjacent to an activating group) is 1. The number of aromatic nitrogens is 1. The third-order valence-electron chi connectivity index (χ3n) is 3.28. The molecule has 1 aromatic carbocycles. The number of hydrogen-bond donors (Lipinski definition) is 1. The predicted molar refractivity (Wildman–Crippen MR) is 84.7 cm³/mol. The van der Waals surface area contributed by atoms with Gasteiger partial charge in [-0.15, -0.1) is 0 Å². The van der Waals surface area contributed by atoms with Crippen molar-refractivity contribution < 1.29 is 4.74 Å². The standard InChI is InChI=1S/C17H22N2O2/c1-13(2)21-15-9-7-14(8-10-15)16(18-3)12-19-11-5-4-6-17(19)20/h4-11,13,16,18H,12H2,1-3H3. The van der Waals surface area contributed by atoms with Gasteiger partial charge in [-0.25, -0.2) is 0 Å². The maximum Gasteiger partial charge on any atom is 0.250 e. The molecule has 0 radical (unpaired) electrons. The van der Waals surface area contributed by atoms with E-state index in [-0.39, 0.29) is 17.7 Å². The fourth-order valence-electron chi connectivity index (χ4n) is 2.22. The molecule has 1 aromatic heterocycles. The molecular weight excluding hydrogens is 264 g/mol. The van der Waals surface area contributed by atoms with E-state index in [1.165, 1.54) is 0 Å². The van der Waals surface area contributed by atoms with Gasteiger partial charge in [0.1, 0.15) is 5.75 Å². The smallest absolute Gasteiger partial charge is 0.250 e. The van der Waals surface area contributed by atoms with E-state index < -0.39 is 0 Å². The summed E-state index contributed by atoms with van der Waals surface area (Å²) in [6, 6.07) is 13.3. The Balaban J connectivity index is 2.14. The summed E-state index contributed by atoms with van der Waals surface area (Å²) in [6.45, 7) is 4.61. The van der Waals surface area contributed by atoms with Crippen LogP contribution in [0.5, 0.6) is 5.75 Å². The van der Waals surface area contributed by atoms with Gasteiger partial charge in [0.25, 0.3) is 5.56 Å². The Morgan fingerprint density at radius 1 is 1.14 bits per heavy atom. The van der Waals surface area contributed by atoms with Crippen molar-refractivity contribution >= 4 is 0 Å². The Kier molecular flexibility index (Phi) is 5.17. The van der Waals surface area contributed by atoms with Crippen LogP contribution >= 0.6 is 0 Å². The molecule has 4 nitrogen and oxygen atoms in total. The van der Waals surface area contributed by atoms with Gasteiger partial charge in [-0.3, -0.25) is 4.79 Å². The van der Waals surface area contributed by atoms with Gasteiger partial charge < -0.3 is 14.6 Å². The van der Waals surface area contributed by atoms with E-state index in [2.05, 4.69) is 5.32 Å². The van der Waals surface area contributed by atoms with Crippen LogP contribution in [0.3, 0.4) is 0 Å². The maximum atomic E-state index is 11.8. The van der Waals surface area contributed by atoms with Gasteiger partial charge in [0.2, 0.25) is 0 Å². The van der Waals surface area contributed by atoms with Crippen LogP contribution in [0.1, 0.15) is 25.5 Å². The van der Waals surface area contributed by atoms with E-state index in [0.29, 0.717) is 6.54 Å². The summed E-state index contributed by atoms with van der Waals surface area (Å²) in [7, 11) is 1.90. The van der Waals surface area contributed by atoms with Gasteiger partial charge >= 0.3 is 0 Å². The molecule has 0 aliphatic carbocycles. The average Bonchev–Trinajstić information content (AvgIpc) is 2.47. The minimum absolute atomic E-state index is 0.0116. The lowest BCUT2D eigenvalue weighted by atomic mass is 10.1. The number of hydrogen-bond acceptors (Lipinski definition) is 3. The van der Waals surface area contributed by atoms with Gasteiger partial charge in [0.15, 0.2) is 0 Å². The Morgan fingerprint density at radius 3 is 2.43 bits per heavy atom. The highest BCUT2D eigenvalue weighted by Gasteiger charge is 2.11. The Hall–Kier alpha value is -2.07. The molecule has 0 amide bonds. The lowest BCUT2D eigenvalue weighted by molar-refractivity contribution is 0.242. The highest BCUT2D eigenvalue weighted by atomic mass is 16.5. The van der Waals surface area contributed by atoms with Crippen LogP contribution in [-0.2, 0) is 6.54 Å². The zero-order valence-electron chi connectivity index (χ0n) is 12.7. The molecule has 0 saturated heterocycles. The van der Waals surface area contributed by atoms with Gasteiger partial charge in [-0.05, 0) is 44.7 Å². The van der Waals surface area contributed by atoms with Crippen LogP contribution in [-0.4, -0.2) is 17.7 Å². The Bertz CT molecular complexity index is 617. The molecule has 0 spiro atoms. The van der Waals surface area contributed by atoms with E-state index in [9.17, 15) is 4.79 Å².